The van der Waals surface area contributed by atoms with Gasteiger partial charge in [0, 0.05) is 36.8 Å². The number of benzene rings is 1. The fourth-order valence-corrected chi connectivity index (χ4v) is 4.11. The standard InChI is InChI=1S/C18H25FN4O2S2.HI/c1-4-20-18(21-8-7-17-22-10-13(2)26-17)23-11-15-9-16(19)6-5-14(15)12-27(3,24)25;/h5-6,9-10H,4,7-8,11-12H2,1-3H3,(H2,20,21,23);1H. The second-order valence-corrected chi connectivity index (χ2v) is 9.68. The van der Waals surface area contributed by atoms with Crippen molar-refractivity contribution in [1.29, 1.82) is 0 Å². The van der Waals surface area contributed by atoms with Crippen LogP contribution in [0, 0.1) is 12.7 Å². The summed E-state index contributed by atoms with van der Waals surface area (Å²) in [5, 5.41) is 7.41. The van der Waals surface area contributed by atoms with Crippen molar-refractivity contribution < 1.29 is 12.8 Å². The highest BCUT2D eigenvalue weighted by Crippen LogP contribution is 2.15. The van der Waals surface area contributed by atoms with Gasteiger partial charge in [-0.1, -0.05) is 6.07 Å². The molecule has 0 unspecified atom stereocenters. The first kappa shape index (κ1) is 24.8. The van der Waals surface area contributed by atoms with E-state index in [0.717, 1.165) is 17.7 Å². The van der Waals surface area contributed by atoms with E-state index in [0.29, 0.717) is 30.2 Å². The number of thiazole rings is 1. The number of hydrogen-bond acceptors (Lipinski definition) is 5. The predicted octanol–water partition coefficient (Wildman–Crippen LogP) is 3.05. The molecule has 10 heteroatoms. The summed E-state index contributed by atoms with van der Waals surface area (Å²) >= 11 is 1.66. The van der Waals surface area contributed by atoms with Crippen LogP contribution in [0.3, 0.4) is 0 Å². The van der Waals surface area contributed by atoms with Crippen LogP contribution in [0.25, 0.3) is 0 Å². The van der Waals surface area contributed by atoms with Crippen molar-refractivity contribution in [2.75, 3.05) is 19.3 Å². The highest BCUT2D eigenvalue weighted by Gasteiger charge is 2.11. The average molecular weight is 540 g/mol. The molecule has 0 aliphatic rings. The summed E-state index contributed by atoms with van der Waals surface area (Å²) in [4.78, 5) is 9.97. The number of sulfone groups is 1. The number of rotatable bonds is 8. The maximum atomic E-state index is 13.6. The van der Waals surface area contributed by atoms with Crippen LogP contribution in [0.2, 0.25) is 0 Å². The fourth-order valence-electron chi connectivity index (χ4n) is 2.48. The Hall–Kier alpha value is -1.27. The smallest absolute Gasteiger partial charge is 0.191 e. The molecule has 0 fully saturated rings. The molecule has 0 spiro atoms. The molecule has 0 saturated heterocycles. The van der Waals surface area contributed by atoms with Gasteiger partial charge >= 0.3 is 0 Å². The molecule has 1 aromatic carbocycles. The second-order valence-electron chi connectivity index (χ2n) is 6.22. The first-order valence-electron chi connectivity index (χ1n) is 8.65. The van der Waals surface area contributed by atoms with Gasteiger partial charge in [0.25, 0.3) is 0 Å². The lowest BCUT2D eigenvalue weighted by Gasteiger charge is -2.12. The Labute approximate surface area is 187 Å². The zero-order chi connectivity index (χ0) is 19.9. The minimum atomic E-state index is -3.21. The third-order valence-electron chi connectivity index (χ3n) is 3.64. The molecule has 0 aliphatic carbocycles. The van der Waals surface area contributed by atoms with Gasteiger partial charge in [0.2, 0.25) is 0 Å². The zero-order valence-corrected chi connectivity index (χ0v) is 20.1. The lowest BCUT2D eigenvalue weighted by Crippen LogP contribution is -2.38. The predicted molar refractivity (Wildman–Crippen MR) is 124 cm³/mol. The molecule has 156 valence electrons. The normalized spacial score (nSPS) is 11.8. The molecule has 28 heavy (non-hydrogen) atoms. The number of nitrogens with zero attached hydrogens (tertiary/aromatic N) is 2. The molecule has 1 aromatic heterocycles. The van der Waals surface area contributed by atoms with Crippen molar-refractivity contribution in [3.05, 3.63) is 51.2 Å². The van der Waals surface area contributed by atoms with Gasteiger partial charge in [-0.15, -0.1) is 35.3 Å². The van der Waals surface area contributed by atoms with Crippen molar-refractivity contribution in [2.45, 2.75) is 32.6 Å². The third-order valence-corrected chi connectivity index (χ3v) is 5.45. The molecule has 0 saturated carbocycles. The molecule has 1 heterocycles. The number of nitrogens with one attached hydrogen (secondary N) is 2. The van der Waals surface area contributed by atoms with Crippen LogP contribution in [0.4, 0.5) is 4.39 Å². The Morgan fingerprint density at radius 3 is 2.64 bits per heavy atom. The Bertz CT molecular complexity index is 901. The lowest BCUT2D eigenvalue weighted by molar-refractivity contribution is 0.600. The summed E-state index contributed by atoms with van der Waals surface area (Å²) in [6, 6.07) is 4.12. The summed E-state index contributed by atoms with van der Waals surface area (Å²) in [7, 11) is -3.21. The van der Waals surface area contributed by atoms with Crippen molar-refractivity contribution in [3.8, 4) is 0 Å². The lowest BCUT2D eigenvalue weighted by atomic mass is 10.1. The van der Waals surface area contributed by atoms with Crippen LogP contribution in [0.5, 0.6) is 0 Å². The van der Waals surface area contributed by atoms with Crippen LogP contribution in [-0.4, -0.2) is 38.7 Å². The molecule has 2 N–H and O–H groups in total. The maximum absolute atomic E-state index is 13.6. The van der Waals surface area contributed by atoms with E-state index in [9.17, 15) is 12.8 Å². The Kier molecular flexibility index (Phi) is 10.3. The van der Waals surface area contributed by atoms with Gasteiger partial charge in [0.1, 0.15) is 5.82 Å². The van der Waals surface area contributed by atoms with E-state index in [1.165, 1.54) is 23.1 Å². The van der Waals surface area contributed by atoms with Crippen molar-refractivity contribution in [2.24, 2.45) is 4.99 Å². The summed E-state index contributed by atoms with van der Waals surface area (Å²) in [5.41, 5.74) is 1.13. The van der Waals surface area contributed by atoms with E-state index < -0.39 is 15.7 Å². The molecule has 2 aromatic rings. The van der Waals surface area contributed by atoms with Crippen LogP contribution in [0.1, 0.15) is 27.9 Å². The molecule has 0 aliphatic heterocycles. The average Bonchev–Trinajstić information content (AvgIpc) is 2.99. The van der Waals surface area contributed by atoms with Gasteiger partial charge in [-0.05, 0) is 37.1 Å². The molecular weight excluding hydrogens is 514 g/mol. The number of aliphatic imine (C=N–C) groups is 1. The van der Waals surface area contributed by atoms with Crippen LogP contribution >= 0.6 is 35.3 Å². The van der Waals surface area contributed by atoms with Gasteiger partial charge in [0.05, 0.1) is 17.3 Å². The fraction of sp³-hybridized carbons (Fsp3) is 0.444. The highest BCUT2D eigenvalue weighted by molar-refractivity contribution is 14.0. The van der Waals surface area contributed by atoms with E-state index in [1.807, 2.05) is 20.0 Å². The first-order chi connectivity index (χ1) is 12.8. The summed E-state index contributed by atoms with van der Waals surface area (Å²) in [6.07, 6.45) is 3.80. The second kappa shape index (κ2) is 11.7. The van der Waals surface area contributed by atoms with E-state index in [2.05, 4.69) is 20.6 Å². The number of aromatic nitrogens is 1. The zero-order valence-electron chi connectivity index (χ0n) is 16.2. The summed E-state index contributed by atoms with van der Waals surface area (Å²) in [6.45, 7) is 5.51. The largest absolute Gasteiger partial charge is 0.357 e. The van der Waals surface area contributed by atoms with Crippen LogP contribution in [0.15, 0.2) is 29.4 Å². The third kappa shape index (κ3) is 8.82. The van der Waals surface area contributed by atoms with Crippen LogP contribution < -0.4 is 10.6 Å². The molecule has 0 amide bonds. The highest BCUT2D eigenvalue weighted by atomic mass is 127. The molecule has 2 rings (SSSR count). The maximum Gasteiger partial charge on any atom is 0.191 e. The minimum Gasteiger partial charge on any atom is -0.357 e. The number of aryl methyl sites for hydroxylation is 1. The van der Waals surface area contributed by atoms with Crippen molar-refractivity contribution >= 4 is 51.1 Å². The van der Waals surface area contributed by atoms with Crippen molar-refractivity contribution in [1.82, 2.24) is 15.6 Å². The number of guanidine groups is 1. The molecule has 0 bridgehead atoms. The minimum absolute atomic E-state index is 0. The summed E-state index contributed by atoms with van der Waals surface area (Å²) < 4.78 is 36.8. The number of hydrogen-bond donors (Lipinski definition) is 2. The summed E-state index contributed by atoms with van der Waals surface area (Å²) in [5.74, 6) is 0.0563. The van der Waals surface area contributed by atoms with Gasteiger partial charge in [-0.25, -0.2) is 22.8 Å². The van der Waals surface area contributed by atoms with E-state index in [-0.39, 0.29) is 36.3 Å². The first-order valence-corrected chi connectivity index (χ1v) is 11.5. The molecular formula is C18H26FIN4O2S2. The van der Waals surface area contributed by atoms with E-state index in [1.54, 1.807) is 11.3 Å². The molecule has 0 atom stereocenters. The van der Waals surface area contributed by atoms with Gasteiger partial charge in [-0.3, -0.25) is 0 Å². The van der Waals surface area contributed by atoms with Crippen LogP contribution in [-0.2, 0) is 28.6 Å². The monoisotopic (exact) mass is 540 g/mol. The quantitative estimate of drug-likeness (QED) is 0.306. The number of halogens is 2. The Morgan fingerprint density at radius 1 is 1.29 bits per heavy atom. The SMILES string of the molecule is CCNC(=NCc1cc(F)ccc1CS(C)(=O)=O)NCCc1ncc(C)s1.I. The van der Waals surface area contributed by atoms with Gasteiger partial charge in [0.15, 0.2) is 15.8 Å². The van der Waals surface area contributed by atoms with E-state index >= 15 is 0 Å². The molecule has 0 radical (unpaired) electrons. The van der Waals surface area contributed by atoms with E-state index in [4.69, 9.17) is 0 Å². The van der Waals surface area contributed by atoms with Gasteiger partial charge in [-0.2, -0.15) is 0 Å². The molecule has 6 nitrogen and oxygen atoms in total. The van der Waals surface area contributed by atoms with Gasteiger partial charge < -0.3 is 10.6 Å². The Morgan fingerprint density at radius 2 is 2.04 bits per heavy atom. The van der Waals surface area contributed by atoms with Crippen molar-refractivity contribution in [3.63, 3.8) is 0 Å². The Balaban J connectivity index is 0.00000392. The topological polar surface area (TPSA) is 83.5 Å².